The van der Waals surface area contributed by atoms with Gasteiger partial charge >= 0.3 is 0 Å². The molecule has 1 aromatic carbocycles. The summed E-state index contributed by atoms with van der Waals surface area (Å²) in [5.74, 6) is -1.05. The third-order valence-corrected chi connectivity index (χ3v) is 7.10. The Morgan fingerprint density at radius 1 is 1.20 bits per heavy atom. The number of aliphatic hydroxyl groups is 1. The maximum atomic E-state index is 13.7. The van der Waals surface area contributed by atoms with Gasteiger partial charge in [-0.15, -0.1) is 0 Å². The zero-order chi connectivity index (χ0) is 25.8. The molecule has 4 atom stereocenters. The molecule has 2 aliphatic carbocycles. The summed E-state index contributed by atoms with van der Waals surface area (Å²) >= 11 is 0. The second kappa shape index (κ2) is 11.8. The number of rotatable bonds is 9. The van der Waals surface area contributed by atoms with Crippen molar-refractivity contribution >= 4 is 5.91 Å². The third-order valence-electron chi connectivity index (χ3n) is 7.10. The predicted molar refractivity (Wildman–Crippen MR) is 137 cm³/mol. The number of halogens is 2. The highest BCUT2D eigenvalue weighted by atomic mass is 19.1. The van der Waals surface area contributed by atoms with Crippen molar-refractivity contribution in [2.24, 2.45) is 11.3 Å². The summed E-state index contributed by atoms with van der Waals surface area (Å²) in [4.78, 5) is 11.8. The third kappa shape index (κ3) is 7.97. The molecule has 0 aromatic heterocycles. The van der Waals surface area contributed by atoms with Crippen molar-refractivity contribution in [3.05, 3.63) is 58.2 Å². The molecule has 3 N–H and O–H groups in total. The van der Waals surface area contributed by atoms with Crippen molar-refractivity contribution in [2.75, 3.05) is 6.54 Å². The van der Waals surface area contributed by atoms with E-state index in [-0.39, 0.29) is 30.3 Å². The molecule has 1 amide bonds. The lowest BCUT2D eigenvalue weighted by Gasteiger charge is -2.37. The number of aliphatic hydroxyl groups excluding tert-OH is 1. The molecule has 1 aromatic rings. The van der Waals surface area contributed by atoms with Gasteiger partial charge in [0.25, 0.3) is 0 Å². The lowest BCUT2D eigenvalue weighted by Crippen LogP contribution is -2.50. The molecule has 0 fully saturated rings. The van der Waals surface area contributed by atoms with Gasteiger partial charge < -0.3 is 15.7 Å². The van der Waals surface area contributed by atoms with Crippen molar-refractivity contribution in [1.29, 1.82) is 0 Å². The van der Waals surface area contributed by atoms with Gasteiger partial charge in [-0.25, -0.2) is 8.78 Å². The van der Waals surface area contributed by atoms with Crippen molar-refractivity contribution in [3.8, 4) is 0 Å². The van der Waals surface area contributed by atoms with Crippen molar-refractivity contribution in [2.45, 2.75) is 97.8 Å². The van der Waals surface area contributed by atoms with E-state index in [1.165, 1.54) is 30.2 Å². The van der Waals surface area contributed by atoms with Crippen molar-refractivity contribution in [1.82, 2.24) is 10.6 Å². The molecule has 3 rings (SSSR count). The summed E-state index contributed by atoms with van der Waals surface area (Å²) in [5.41, 5.74) is 5.07. The fourth-order valence-corrected chi connectivity index (χ4v) is 5.71. The molecule has 0 saturated heterocycles. The highest BCUT2D eigenvalue weighted by molar-refractivity contribution is 5.73. The Hall–Kier alpha value is -2.05. The summed E-state index contributed by atoms with van der Waals surface area (Å²) in [5, 5.41) is 17.3. The van der Waals surface area contributed by atoms with Gasteiger partial charge in [0, 0.05) is 25.6 Å². The number of carbonyl (C=O) groups excluding carboxylic acids is 1. The van der Waals surface area contributed by atoms with Crippen LogP contribution >= 0.6 is 0 Å². The second-order valence-corrected chi connectivity index (χ2v) is 11.5. The number of hydrogen-bond donors (Lipinski definition) is 3. The average Bonchev–Trinajstić information content (AvgIpc) is 2.74. The van der Waals surface area contributed by atoms with Crippen LogP contribution in [0.2, 0.25) is 0 Å². The van der Waals surface area contributed by atoms with Gasteiger partial charge in [0.05, 0.1) is 12.1 Å². The zero-order valence-electron chi connectivity index (χ0n) is 21.9. The molecular weight excluding hydrogens is 446 g/mol. The number of carbonyl (C=O) groups is 1. The van der Waals surface area contributed by atoms with E-state index in [0.29, 0.717) is 11.5 Å². The van der Waals surface area contributed by atoms with Crippen molar-refractivity contribution in [3.63, 3.8) is 0 Å². The summed E-state index contributed by atoms with van der Waals surface area (Å²) in [6.07, 6.45) is 8.23. The van der Waals surface area contributed by atoms with Crippen LogP contribution < -0.4 is 10.6 Å². The maximum Gasteiger partial charge on any atom is 0.217 e. The maximum absolute atomic E-state index is 13.7. The molecular formula is C29H42F2N2O2. The van der Waals surface area contributed by atoms with Crippen LogP contribution in [0.15, 0.2) is 41.0 Å². The number of hydrogen-bond acceptors (Lipinski definition) is 3. The highest BCUT2D eigenvalue weighted by Gasteiger charge is 2.31. The van der Waals surface area contributed by atoms with Crippen LogP contribution in [0.5, 0.6) is 0 Å². The largest absolute Gasteiger partial charge is 0.390 e. The molecule has 2 unspecified atom stereocenters. The quantitative estimate of drug-likeness (QED) is 0.424. The topological polar surface area (TPSA) is 61.4 Å². The molecule has 0 saturated carbocycles. The Morgan fingerprint density at radius 3 is 2.49 bits per heavy atom. The van der Waals surface area contributed by atoms with Crippen LogP contribution in [0.4, 0.5) is 8.78 Å². The first kappa shape index (κ1) is 27.5. The van der Waals surface area contributed by atoms with Gasteiger partial charge in [0.15, 0.2) is 0 Å². The molecule has 0 spiro atoms. The van der Waals surface area contributed by atoms with Crippen LogP contribution in [0.3, 0.4) is 0 Å². The molecule has 194 valence electrons. The van der Waals surface area contributed by atoms with Gasteiger partial charge in [0.1, 0.15) is 11.6 Å². The van der Waals surface area contributed by atoms with E-state index >= 15 is 0 Å². The van der Waals surface area contributed by atoms with E-state index in [1.54, 1.807) is 5.57 Å². The minimum absolute atomic E-state index is 0.142. The monoisotopic (exact) mass is 488 g/mol. The van der Waals surface area contributed by atoms with E-state index in [1.807, 2.05) is 0 Å². The minimum Gasteiger partial charge on any atom is -0.390 e. The van der Waals surface area contributed by atoms with E-state index in [4.69, 9.17) is 0 Å². The molecule has 0 aliphatic heterocycles. The summed E-state index contributed by atoms with van der Waals surface area (Å²) in [6, 6.07) is 2.80. The first-order chi connectivity index (χ1) is 16.4. The lowest BCUT2D eigenvalue weighted by atomic mass is 9.71. The molecule has 0 heterocycles. The number of nitrogens with one attached hydrogen (secondary N) is 2. The first-order valence-electron chi connectivity index (χ1n) is 13.0. The first-order valence-corrected chi connectivity index (χ1v) is 13.0. The normalized spacial score (nSPS) is 22.3. The Bertz CT molecular complexity index is 944. The smallest absolute Gasteiger partial charge is 0.217 e. The number of allylic oxidation sites excluding steroid dienone is 2. The Balaban J connectivity index is 1.74. The molecule has 0 radical (unpaired) electrons. The van der Waals surface area contributed by atoms with Crippen molar-refractivity contribution < 1.29 is 18.7 Å². The van der Waals surface area contributed by atoms with E-state index in [2.05, 4.69) is 44.4 Å². The van der Waals surface area contributed by atoms with E-state index in [9.17, 15) is 18.7 Å². The Morgan fingerprint density at radius 2 is 1.89 bits per heavy atom. The molecule has 4 nitrogen and oxygen atoms in total. The highest BCUT2D eigenvalue weighted by Crippen LogP contribution is 2.42. The molecule has 2 aliphatic rings. The van der Waals surface area contributed by atoms with Crippen LogP contribution in [-0.2, 0) is 11.2 Å². The van der Waals surface area contributed by atoms with E-state index in [0.717, 1.165) is 44.6 Å². The summed E-state index contributed by atoms with van der Waals surface area (Å²) in [7, 11) is 0. The fraction of sp³-hybridized carbons (Fsp3) is 0.621. The Labute approximate surface area is 209 Å². The van der Waals surface area contributed by atoms with Gasteiger partial charge in [-0.1, -0.05) is 44.9 Å². The minimum atomic E-state index is -0.903. The van der Waals surface area contributed by atoms with Crippen LogP contribution in [-0.4, -0.2) is 35.7 Å². The molecule has 0 bridgehead atoms. The van der Waals surface area contributed by atoms with Gasteiger partial charge in [-0.2, -0.15) is 0 Å². The average molecular weight is 489 g/mol. The summed E-state index contributed by atoms with van der Waals surface area (Å²) < 4.78 is 27.3. The molecule has 35 heavy (non-hydrogen) atoms. The van der Waals surface area contributed by atoms with Crippen LogP contribution in [0.1, 0.15) is 78.7 Å². The number of amides is 1. The van der Waals surface area contributed by atoms with Crippen LogP contribution in [0.25, 0.3) is 0 Å². The Kier molecular flexibility index (Phi) is 9.28. The molecule has 6 heteroatoms. The SMILES string of the molecule is CCC1CC(CC(C)(C)C)=CC2=C1CCC[C@@H]2NC[C@@H](O)C(Cc1cc(F)cc(F)c1)NC(C)=O. The van der Waals surface area contributed by atoms with Gasteiger partial charge in [0.2, 0.25) is 5.91 Å². The fourth-order valence-electron chi connectivity index (χ4n) is 5.71. The standard InChI is InChI=1S/C29H42F2N2O2/c1-6-21-10-20(16-29(3,4)5)13-25-24(21)8-7-9-26(25)32-17-28(35)27(33-18(2)34)14-19-11-22(30)15-23(31)12-19/h11-13,15,21,26-28,32,35H,6-10,14,16-17H2,1-5H3,(H,33,34)/t21?,26-,27?,28+/m0/s1. The van der Waals surface area contributed by atoms with Gasteiger partial charge in [-0.05, 0) is 79.5 Å². The van der Waals surface area contributed by atoms with E-state index < -0.39 is 23.8 Å². The second-order valence-electron chi connectivity index (χ2n) is 11.5. The van der Waals surface area contributed by atoms with Crippen LogP contribution in [0, 0.1) is 23.0 Å². The summed E-state index contributed by atoms with van der Waals surface area (Å²) in [6.45, 7) is 10.8. The predicted octanol–water partition coefficient (Wildman–Crippen LogP) is 5.60. The number of benzene rings is 1. The lowest BCUT2D eigenvalue weighted by molar-refractivity contribution is -0.120. The van der Waals surface area contributed by atoms with Gasteiger partial charge in [-0.3, -0.25) is 4.79 Å². The zero-order valence-corrected chi connectivity index (χ0v) is 21.9.